The fraction of sp³-hybridized carbons (Fsp3) is 0.952. The maximum Gasteiger partial charge on any atom is 0.306 e. The maximum atomic E-state index is 12.9. The van der Waals surface area contributed by atoms with Crippen molar-refractivity contribution in [1.82, 2.24) is 0 Å². The van der Waals surface area contributed by atoms with Crippen LogP contribution < -0.4 is 0 Å². The molecule has 0 amide bonds. The molecule has 0 aromatic heterocycles. The molecule has 0 aliphatic rings. The number of unbranched alkanes of at least 4 members (excludes halogenated alkanes) is 44. The van der Waals surface area contributed by atoms with Gasteiger partial charge in [0.2, 0.25) is 0 Å². The maximum absolute atomic E-state index is 12.9. The standard InChI is InChI=1S/C63H122O6/c1-5-8-10-12-14-16-18-20-22-24-26-32-36-40-44-48-52-56-63(66)69-60(57-67-61(64)54-50-46-42-38-34-30-25-23-21-19-17-15-13-11-9-6-2)58-68-62(65)55-51-47-43-39-35-31-28-27-29-33-37-41-45-49-53-59(4)7-3/h59-60H,5-58H2,1-4H3/t59?,60-/m1/s1. The lowest BCUT2D eigenvalue weighted by Crippen LogP contribution is -2.30. The first kappa shape index (κ1) is 67.4. The second-order valence-electron chi connectivity index (χ2n) is 21.9. The van der Waals surface area contributed by atoms with Gasteiger partial charge in [-0.2, -0.15) is 0 Å². The van der Waals surface area contributed by atoms with Crippen molar-refractivity contribution >= 4 is 17.9 Å². The molecule has 0 radical (unpaired) electrons. The molecule has 0 spiro atoms. The normalized spacial score (nSPS) is 12.3. The van der Waals surface area contributed by atoms with E-state index >= 15 is 0 Å². The topological polar surface area (TPSA) is 78.9 Å². The van der Waals surface area contributed by atoms with Gasteiger partial charge in [0.05, 0.1) is 0 Å². The summed E-state index contributed by atoms with van der Waals surface area (Å²) in [5, 5.41) is 0. The quantitative estimate of drug-likeness (QED) is 0.0343. The average Bonchev–Trinajstić information content (AvgIpc) is 3.35. The van der Waals surface area contributed by atoms with Crippen LogP contribution in [-0.2, 0) is 28.6 Å². The summed E-state index contributed by atoms with van der Waals surface area (Å²) in [5.41, 5.74) is 0. The first-order valence-corrected chi connectivity index (χ1v) is 31.4. The van der Waals surface area contributed by atoms with Crippen LogP contribution in [-0.4, -0.2) is 37.2 Å². The van der Waals surface area contributed by atoms with Crippen molar-refractivity contribution < 1.29 is 28.6 Å². The molecule has 0 rings (SSSR count). The molecule has 0 aliphatic heterocycles. The van der Waals surface area contributed by atoms with Crippen LogP contribution in [0.5, 0.6) is 0 Å². The van der Waals surface area contributed by atoms with Crippen LogP contribution in [0.1, 0.15) is 362 Å². The van der Waals surface area contributed by atoms with E-state index in [2.05, 4.69) is 27.7 Å². The van der Waals surface area contributed by atoms with E-state index in [9.17, 15) is 14.4 Å². The molecule has 0 bridgehead atoms. The van der Waals surface area contributed by atoms with E-state index in [0.29, 0.717) is 19.3 Å². The van der Waals surface area contributed by atoms with Crippen LogP contribution in [0.15, 0.2) is 0 Å². The molecule has 0 saturated carbocycles. The van der Waals surface area contributed by atoms with Gasteiger partial charge in [0.1, 0.15) is 13.2 Å². The molecule has 2 atom stereocenters. The average molecular weight is 976 g/mol. The van der Waals surface area contributed by atoms with E-state index in [1.807, 2.05) is 0 Å². The van der Waals surface area contributed by atoms with Gasteiger partial charge in [-0.25, -0.2) is 0 Å². The smallest absolute Gasteiger partial charge is 0.306 e. The third kappa shape index (κ3) is 55.6. The van der Waals surface area contributed by atoms with Crippen LogP contribution in [0.4, 0.5) is 0 Å². The summed E-state index contributed by atoms with van der Waals surface area (Å²) in [7, 11) is 0. The molecule has 0 aromatic carbocycles. The highest BCUT2D eigenvalue weighted by atomic mass is 16.6. The first-order chi connectivity index (χ1) is 33.9. The SMILES string of the molecule is CCCCCCCCCCCCCCCCCCCC(=O)O[C@H](COC(=O)CCCCCCCCCCCCCCCCCC)COC(=O)CCCCCCCCCCCCCCCCC(C)CC. The van der Waals surface area contributed by atoms with Crippen LogP contribution in [0.2, 0.25) is 0 Å². The van der Waals surface area contributed by atoms with Crippen molar-refractivity contribution in [3.8, 4) is 0 Å². The van der Waals surface area contributed by atoms with E-state index in [1.165, 1.54) is 257 Å². The molecule has 6 nitrogen and oxygen atoms in total. The van der Waals surface area contributed by atoms with E-state index in [1.54, 1.807) is 0 Å². The molecule has 410 valence electrons. The van der Waals surface area contributed by atoms with E-state index < -0.39 is 6.10 Å². The predicted octanol–water partition coefficient (Wildman–Crippen LogP) is 21.0. The zero-order valence-corrected chi connectivity index (χ0v) is 47.3. The Bertz CT molecular complexity index is 1040. The number of carbonyl (C=O) groups excluding carboxylic acids is 3. The van der Waals surface area contributed by atoms with E-state index in [0.717, 1.165) is 63.7 Å². The Labute approximate surface area is 431 Å². The number of hydrogen-bond donors (Lipinski definition) is 0. The molecule has 0 aliphatic carbocycles. The fourth-order valence-corrected chi connectivity index (χ4v) is 9.78. The minimum atomic E-state index is -0.763. The summed E-state index contributed by atoms with van der Waals surface area (Å²) in [6.45, 7) is 9.12. The minimum Gasteiger partial charge on any atom is -0.462 e. The second-order valence-corrected chi connectivity index (χ2v) is 21.9. The lowest BCUT2D eigenvalue weighted by atomic mass is 9.99. The van der Waals surface area contributed by atoms with Crippen molar-refractivity contribution in [2.45, 2.75) is 368 Å². The molecule has 1 unspecified atom stereocenters. The highest BCUT2D eigenvalue weighted by Crippen LogP contribution is 2.19. The van der Waals surface area contributed by atoms with Crippen molar-refractivity contribution in [2.24, 2.45) is 5.92 Å². The molecule has 0 aromatic rings. The summed E-state index contributed by atoms with van der Waals surface area (Å²) in [5.74, 6) is 0.0674. The Balaban J connectivity index is 4.29. The van der Waals surface area contributed by atoms with Gasteiger partial charge in [-0.15, -0.1) is 0 Å². The minimum absolute atomic E-state index is 0.0612. The Morgan fingerprint density at radius 3 is 0.754 bits per heavy atom. The molecule has 0 N–H and O–H groups in total. The van der Waals surface area contributed by atoms with Crippen molar-refractivity contribution in [2.75, 3.05) is 13.2 Å². The van der Waals surface area contributed by atoms with E-state index in [-0.39, 0.29) is 31.1 Å². The van der Waals surface area contributed by atoms with Gasteiger partial charge >= 0.3 is 17.9 Å². The molecule has 0 fully saturated rings. The summed E-state index contributed by atoms with van der Waals surface area (Å²) >= 11 is 0. The number of esters is 3. The lowest BCUT2D eigenvalue weighted by Gasteiger charge is -2.18. The van der Waals surface area contributed by atoms with Crippen molar-refractivity contribution in [3.05, 3.63) is 0 Å². The summed E-state index contributed by atoms with van der Waals surface area (Å²) < 4.78 is 17.0. The van der Waals surface area contributed by atoms with Gasteiger partial charge in [-0.1, -0.05) is 323 Å². The Kier molecular flexibility index (Phi) is 56.0. The third-order valence-electron chi connectivity index (χ3n) is 14.9. The van der Waals surface area contributed by atoms with Gasteiger partial charge in [0, 0.05) is 19.3 Å². The van der Waals surface area contributed by atoms with Gasteiger partial charge in [-0.05, 0) is 25.2 Å². The Morgan fingerprint density at radius 2 is 0.507 bits per heavy atom. The predicted molar refractivity (Wildman–Crippen MR) is 298 cm³/mol. The van der Waals surface area contributed by atoms with E-state index in [4.69, 9.17) is 14.2 Å². The zero-order valence-electron chi connectivity index (χ0n) is 47.3. The van der Waals surface area contributed by atoms with Crippen LogP contribution in [0.3, 0.4) is 0 Å². The highest BCUT2D eigenvalue weighted by Gasteiger charge is 2.19. The number of ether oxygens (including phenoxy) is 3. The lowest BCUT2D eigenvalue weighted by molar-refractivity contribution is -0.167. The zero-order chi connectivity index (χ0) is 50.2. The van der Waals surface area contributed by atoms with Crippen molar-refractivity contribution in [1.29, 1.82) is 0 Å². The second kappa shape index (κ2) is 57.3. The highest BCUT2D eigenvalue weighted by molar-refractivity contribution is 5.71. The summed E-state index contributed by atoms with van der Waals surface area (Å²) in [6.07, 6.45) is 63.8. The molecular weight excluding hydrogens is 853 g/mol. The number of rotatable bonds is 58. The molecule has 0 saturated heterocycles. The monoisotopic (exact) mass is 975 g/mol. The van der Waals surface area contributed by atoms with Crippen molar-refractivity contribution in [3.63, 3.8) is 0 Å². The van der Waals surface area contributed by atoms with Gasteiger partial charge in [0.15, 0.2) is 6.10 Å². The van der Waals surface area contributed by atoms with Gasteiger partial charge in [-0.3, -0.25) is 14.4 Å². The summed E-state index contributed by atoms with van der Waals surface area (Å²) in [6, 6.07) is 0. The first-order valence-electron chi connectivity index (χ1n) is 31.4. The molecule has 6 heteroatoms. The Morgan fingerprint density at radius 1 is 0.290 bits per heavy atom. The third-order valence-corrected chi connectivity index (χ3v) is 14.9. The summed E-state index contributed by atoms with van der Waals surface area (Å²) in [4.78, 5) is 38.3. The molecule has 69 heavy (non-hydrogen) atoms. The Hall–Kier alpha value is -1.59. The number of hydrogen-bond acceptors (Lipinski definition) is 6. The number of carbonyl (C=O) groups is 3. The fourth-order valence-electron chi connectivity index (χ4n) is 9.78. The van der Waals surface area contributed by atoms with Gasteiger partial charge in [0.25, 0.3) is 0 Å². The van der Waals surface area contributed by atoms with Gasteiger partial charge < -0.3 is 14.2 Å². The molecule has 0 heterocycles. The molecular formula is C63H122O6. The van der Waals surface area contributed by atoms with Crippen LogP contribution >= 0.6 is 0 Å². The van der Waals surface area contributed by atoms with Crippen LogP contribution in [0, 0.1) is 5.92 Å². The van der Waals surface area contributed by atoms with Crippen LogP contribution in [0.25, 0.3) is 0 Å². The largest absolute Gasteiger partial charge is 0.462 e.